The van der Waals surface area contributed by atoms with Gasteiger partial charge < -0.3 is 13.9 Å². The Kier molecular flexibility index (Phi) is 4.93. The van der Waals surface area contributed by atoms with E-state index >= 15 is 0 Å². The summed E-state index contributed by atoms with van der Waals surface area (Å²) in [4.78, 5) is 0. The molecule has 26 heavy (non-hydrogen) atoms. The van der Waals surface area contributed by atoms with Gasteiger partial charge >= 0.3 is 6.18 Å². The standard InChI is InChI=1S/C18H15F5O3/c1-2-3-8-24-12-6-4-10-11-5-7-13(25-9-18(21,22)23)15(20)17(11)26-16(10)14(12)19/h4-7H,2-3,8-9H2,1H3. The molecule has 3 aromatic rings. The lowest BCUT2D eigenvalue weighted by molar-refractivity contribution is -0.153. The van der Waals surface area contributed by atoms with Crippen LogP contribution in [0.5, 0.6) is 11.5 Å². The molecule has 0 aliphatic heterocycles. The van der Waals surface area contributed by atoms with E-state index in [-0.39, 0.29) is 22.3 Å². The van der Waals surface area contributed by atoms with Crippen molar-refractivity contribution in [2.24, 2.45) is 0 Å². The maximum atomic E-state index is 14.6. The van der Waals surface area contributed by atoms with E-state index in [4.69, 9.17) is 9.15 Å². The average Bonchev–Trinajstić information content (AvgIpc) is 2.96. The van der Waals surface area contributed by atoms with Crippen LogP contribution in [0.15, 0.2) is 28.7 Å². The van der Waals surface area contributed by atoms with E-state index in [0.717, 1.165) is 18.9 Å². The molecule has 0 aliphatic carbocycles. The fourth-order valence-electron chi connectivity index (χ4n) is 2.51. The number of hydrogen-bond donors (Lipinski definition) is 0. The number of benzene rings is 2. The molecule has 8 heteroatoms. The van der Waals surface area contributed by atoms with Gasteiger partial charge in [0.2, 0.25) is 11.6 Å². The lowest BCUT2D eigenvalue weighted by Gasteiger charge is -2.09. The summed E-state index contributed by atoms with van der Waals surface area (Å²) < 4.78 is 80.7. The van der Waals surface area contributed by atoms with Crippen LogP contribution in [0, 0.1) is 11.6 Å². The van der Waals surface area contributed by atoms with Crippen molar-refractivity contribution >= 4 is 21.9 Å². The zero-order valence-corrected chi connectivity index (χ0v) is 13.8. The lowest BCUT2D eigenvalue weighted by Crippen LogP contribution is -2.19. The van der Waals surface area contributed by atoms with E-state index in [0.29, 0.717) is 12.0 Å². The lowest BCUT2D eigenvalue weighted by atomic mass is 10.1. The third kappa shape index (κ3) is 3.54. The maximum absolute atomic E-state index is 14.6. The van der Waals surface area contributed by atoms with Gasteiger partial charge in [0.15, 0.2) is 29.3 Å². The predicted octanol–water partition coefficient (Wildman–Crippen LogP) is 5.98. The highest BCUT2D eigenvalue weighted by molar-refractivity contribution is 6.06. The summed E-state index contributed by atoms with van der Waals surface area (Å²) >= 11 is 0. The smallest absolute Gasteiger partial charge is 0.422 e. The molecule has 1 aromatic heterocycles. The largest absolute Gasteiger partial charge is 0.490 e. The maximum Gasteiger partial charge on any atom is 0.422 e. The quantitative estimate of drug-likeness (QED) is 0.393. The van der Waals surface area contributed by atoms with Crippen molar-refractivity contribution in [1.82, 2.24) is 0 Å². The fraction of sp³-hybridized carbons (Fsp3) is 0.333. The normalized spacial score (nSPS) is 12.1. The Morgan fingerprint density at radius 1 is 0.885 bits per heavy atom. The Bertz CT molecular complexity index is 930. The molecule has 0 atom stereocenters. The van der Waals surface area contributed by atoms with Gasteiger partial charge in [-0.1, -0.05) is 13.3 Å². The topological polar surface area (TPSA) is 31.6 Å². The van der Waals surface area contributed by atoms with Crippen molar-refractivity contribution in [2.75, 3.05) is 13.2 Å². The Balaban J connectivity index is 2.01. The van der Waals surface area contributed by atoms with E-state index in [1.165, 1.54) is 18.2 Å². The first kappa shape index (κ1) is 18.3. The number of alkyl halides is 3. The third-order valence-electron chi connectivity index (χ3n) is 3.76. The predicted molar refractivity (Wildman–Crippen MR) is 85.6 cm³/mol. The van der Waals surface area contributed by atoms with Gasteiger partial charge in [-0.05, 0) is 30.7 Å². The van der Waals surface area contributed by atoms with Crippen molar-refractivity contribution in [1.29, 1.82) is 0 Å². The molecule has 3 nitrogen and oxygen atoms in total. The van der Waals surface area contributed by atoms with Crippen LogP contribution in [0.3, 0.4) is 0 Å². The minimum atomic E-state index is -4.61. The molecular weight excluding hydrogens is 359 g/mol. The van der Waals surface area contributed by atoms with E-state index in [1.54, 1.807) is 0 Å². The van der Waals surface area contributed by atoms with Crippen LogP contribution in [0.4, 0.5) is 22.0 Å². The molecule has 0 radical (unpaired) electrons. The second-order valence-electron chi connectivity index (χ2n) is 5.72. The molecule has 0 saturated heterocycles. The molecule has 2 aromatic carbocycles. The first-order chi connectivity index (χ1) is 12.3. The van der Waals surface area contributed by atoms with Crippen LogP contribution in [0.1, 0.15) is 19.8 Å². The summed E-state index contributed by atoms with van der Waals surface area (Å²) in [6.07, 6.45) is -2.99. The monoisotopic (exact) mass is 374 g/mol. The fourth-order valence-corrected chi connectivity index (χ4v) is 2.51. The molecule has 0 saturated carbocycles. The Morgan fingerprint density at radius 2 is 1.42 bits per heavy atom. The van der Waals surface area contributed by atoms with Gasteiger partial charge in [0, 0.05) is 10.8 Å². The van der Waals surface area contributed by atoms with E-state index in [9.17, 15) is 22.0 Å². The summed E-state index contributed by atoms with van der Waals surface area (Å²) in [6, 6.07) is 5.31. The number of rotatable bonds is 6. The van der Waals surface area contributed by atoms with Crippen molar-refractivity contribution in [3.05, 3.63) is 35.9 Å². The molecule has 140 valence electrons. The number of ether oxygens (including phenoxy) is 2. The summed E-state index contributed by atoms with van der Waals surface area (Å²) in [5, 5.41) is 0.525. The first-order valence-electron chi connectivity index (χ1n) is 7.97. The summed E-state index contributed by atoms with van der Waals surface area (Å²) in [6.45, 7) is 0.645. The van der Waals surface area contributed by atoms with Gasteiger partial charge in [-0.15, -0.1) is 0 Å². The zero-order valence-electron chi connectivity index (χ0n) is 13.8. The van der Waals surface area contributed by atoms with Gasteiger partial charge in [0.1, 0.15) is 0 Å². The molecule has 0 N–H and O–H groups in total. The Labute approximate surface area is 145 Å². The van der Waals surface area contributed by atoms with Gasteiger partial charge in [0.25, 0.3) is 0 Å². The molecule has 0 fully saturated rings. The van der Waals surface area contributed by atoms with Gasteiger partial charge in [-0.3, -0.25) is 0 Å². The summed E-state index contributed by atoms with van der Waals surface area (Å²) in [5.74, 6) is -2.55. The number of fused-ring (bicyclic) bond motifs is 3. The first-order valence-corrected chi connectivity index (χ1v) is 7.97. The number of furan rings is 1. The molecule has 0 bridgehead atoms. The van der Waals surface area contributed by atoms with Crippen molar-refractivity contribution in [2.45, 2.75) is 25.9 Å². The van der Waals surface area contributed by atoms with Crippen molar-refractivity contribution in [3.63, 3.8) is 0 Å². The van der Waals surface area contributed by atoms with E-state index in [2.05, 4.69) is 4.74 Å². The summed E-state index contributed by atoms with van der Waals surface area (Å²) in [5.41, 5.74) is -0.592. The molecule has 0 amide bonds. The second-order valence-corrected chi connectivity index (χ2v) is 5.72. The molecule has 3 rings (SSSR count). The van der Waals surface area contributed by atoms with Crippen LogP contribution in [-0.4, -0.2) is 19.4 Å². The highest BCUT2D eigenvalue weighted by Crippen LogP contribution is 2.38. The van der Waals surface area contributed by atoms with Gasteiger partial charge in [0.05, 0.1) is 6.61 Å². The minimum absolute atomic E-state index is 0.0287. The Hall–Kier alpha value is -2.51. The molecule has 1 heterocycles. The van der Waals surface area contributed by atoms with Crippen LogP contribution in [0.25, 0.3) is 21.9 Å². The number of hydrogen-bond acceptors (Lipinski definition) is 3. The molecule has 0 unspecified atom stereocenters. The van der Waals surface area contributed by atoms with Crippen LogP contribution < -0.4 is 9.47 Å². The van der Waals surface area contributed by atoms with Crippen LogP contribution >= 0.6 is 0 Å². The highest BCUT2D eigenvalue weighted by atomic mass is 19.4. The van der Waals surface area contributed by atoms with Gasteiger partial charge in [-0.2, -0.15) is 22.0 Å². The summed E-state index contributed by atoms with van der Waals surface area (Å²) in [7, 11) is 0. The Morgan fingerprint density at radius 3 is 1.92 bits per heavy atom. The van der Waals surface area contributed by atoms with Crippen LogP contribution in [-0.2, 0) is 0 Å². The van der Waals surface area contributed by atoms with E-state index in [1.807, 2.05) is 6.92 Å². The van der Waals surface area contributed by atoms with Gasteiger partial charge in [-0.25, -0.2) is 0 Å². The second kappa shape index (κ2) is 7.01. The van der Waals surface area contributed by atoms with Crippen molar-refractivity contribution < 1.29 is 35.8 Å². The van der Waals surface area contributed by atoms with E-state index < -0.39 is 30.2 Å². The van der Waals surface area contributed by atoms with Crippen molar-refractivity contribution in [3.8, 4) is 11.5 Å². The molecule has 0 aliphatic rings. The third-order valence-corrected chi connectivity index (χ3v) is 3.76. The zero-order chi connectivity index (χ0) is 18.9. The SMILES string of the molecule is CCCCOc1ccc2c(oc3c(F)c(OCC(F)(F)F)ccc32)c1F. The molecular formula is C18H15F5O3. The number of unbranched alkanes of at least 4 members (excludes halogenated alkanes) is 1. The molecule has 0 spiro atoms. The highest BCUT2D eigenvalue weighted by Gasteiger charge is 2.29. The average molecular weight is 374 g/mol. The van der Waals surface area contributed by atoms with Crippen LogP contribution in [0.2, 0.25) is 0 Å². The minimum Gasteiger partial charge on any atom is -0.490 e. The number of halogens is 5.